The van der Waals surface area contributed by atoms with Crippen LogP contribution >= 0.6 is 0 Å². The Balaban J connectivity index is 2.60. The Bertz CT molecular complexity index is 160. The van der Waals surface area contributed by atoms with Gasteiger partial charge in [-0.1, -0.05) is 13.8 Å². The van der Waals surface area contributed by atoms with E-state index in [-0.39, 0.29) is 24.7 Å². The Hall–Kier alpha value is -0.160. The van der Waals surface area contributed by atoms with Crippen LogP contribution in [0, 0.1) is 5.92 Å². The summed E-state index contributed by atoms with van der Waals surface area (Å²) in [6.45, 7) is 3.73. The number of hydrogen-bond donors (Lipinski definition) is 3. The minimum absolute atomic E-state index is 0.104. The molecule has 3 N–H and O–H groups in total. The van der Waals surface area contributed by atoms with Gasteiger partial charge >= 0.3 is 0 Å². The zero-order valence-electron chi connectivity index (χ0n) is 8.05. The third-order valence-electron chi connectivity index (χ3n) is 2.45. The lowest BCUT2D eigenvalue weighted by Gasteiger charge is -2.38. The number of rotatable bonds is 2. The van der Waals surface area contributed by atoms with Crippen LogP contribution in [-0.2, 0) is 4.74 Å². The first-order valence-corrected chi connectivity index (χ1v) is 4.68. The van der Waals surface area contributed by atoms with Crippen molar-refractivity contribution >= 4 is 0 Å². The van der Waals surface area contributed by atoms with Gasteiger partial charge in [-0.25, -0.2) is 0 Å². The Kier molecular flexibility index (Phi) is 3.67. The van der Waals surface area contributed by atoms with E-state index in [1.807, 2.05) is 13.8 Å². The van der Waals surface area contributed by atoms with Crippen molar-refractivity contribution in [3.8, 4) is 0 Å². The fraction of sp³-hybridized carbons (Fsp3) is 1.00. The third kappa shape index (κ3) is 2.40. The van der Waals surface area contributed by atoms with Gasteiger partial charge in [0, 0.05) is 6.42 Å². The SMILES string of the molecule is CC(C)[C@@H]1OC(CO)CC(O)C1O. The van der Waals surface area contributed by atoms with E-state index >= 15 is 0 Å². The highest BCUT2D eigenvalue weighted by Gasteiger charge is 2.37. The molecule has 1 saturated heterocycles. The maximum atomic E-state index is 9.56. The molecule has 0 radical (unpaired) electrons. The van der Waals surface area contributed by atoms with Crippen LogP contribution in [0.25, 0.3) is 0 Å². The first kappa shape index (κ1) is 10.9. The number of ether oxygens (including phenoxy) is 1. The minimum Gasteiger partial charge on any atom is -0.394 e. The molecular formula is C9H18O4. The zero-order chi connectivity index (χ0) is 10.0. The molecule has 78 valence electrons. The van der Waals surface area contributed by atoms with Crippen molar-refractivity contribution in [2.24, 2.45) is 5.92 Å². The summed E-state index contributed by atoms with van der Waals surface area (Å²) in [5, 5.41) is 27.9. The highest BCUT2D eigenvalue weighted by atomic mass is 16.5. The Morgan fingerprint density at radius 1 is 1.38 bits per heavy atom. The van der Waals surface area contributed by atoms with Crippen LogP contribution < -0.4 is 0 Å². The van der Waals surface area contributed by atoms with Crippen molar-refractivity contribution in [1.29, 1.82) is 0 Å². The van der Waals surface area contributed by atoms with Crippen molar-refractivity contribution < 1.29 is 20.1 Å². The molecule has 4 atom stereocenters. The van der Waals surface area contributed by atoms with Gasteiger partial charge in [0.25, 0.3) is 0 Å². The molecule has 0 aliphatic carbocycles. The fourth-order valence-electron chi connectivity index (χ4n) is 1.66. The average molecular weight is 190 g/mol. The lowest BCUT2D eigenvalue weighted by molar-refractivity contribution is -0.189. The number of aliphatic hydroxyl groups is 3. The topological polar surface area (TPSA) is 69.9 Å². The first-order chi connectivity index (χ1) is 6.06. The monoisotopic (exact) mass is 190 g/mol. The molecule has 4 nitrogen and oxygen atoms in total. The Labute approximate surface area is 78.1 Å². The van der Waals surface area contributed by atoms with Gasteiger partial charge in [-0.15, -0.1) is 0 Å². The van der Waals surface area contributed by atoms with Gasteiger partial charge in [-0.2, -0.15) is 0 Å². The quantitative estimate of drug-likeness (QED) is 0.550. The van der Waals surface area contributed by atoms with Gasteiger partial charge in [0.05, 0.1) is 24.9 Å². The third-order valence-corrected chi connectivity index (χ3v) is 2.45. The van der Waals surface area contributed by atoms with E-state index in [9.17, 15) is 10.2 Å². The zero-order valence-corrected chi connectivity index (χ0v) is 8.05. The molecule has 1 heterocycles. The smallest absolute Gasteiger partial charge is 0.106 e. The normalized spacial score (nSPS) is 41.1. The molecule has 0 saturated carbocycles. The minimum atomic E-state index is -0.831. The van der Waals surface area contributed by atoms with Crippen LogP contribution in [0.5, 0.6) is 0 Å². The van der Waals surface area contributed by atoms with Gasteiger partial charge in [-0.3, -0.25) is 0 Å². The molecule has 1 fully saturated rings. The maximum Gasteiger partial charge on any atom is 0.106 e. The van der Waals surface area contributed by atoms with Gasteiger partial charge < -0.3 is 20.1 Å². The summed E-state index contributed by atoms with van der Waals surface area (Å²) in [5.74, 6) is 0.138. The van der Waals surface area contributed by atoms with E-state index < -0.39 is 12.2 Å². The Morgan fingerprint density at radius 2 is 2.00 bits per heavy atom. The van der Waals surface area contributed by atoms with Crippen molar-refractivity contribution in [3.05, 3.63) is 0 Å². The van der Waals surface area contributed by atoms with E-state index in [2.05, 4.69) is 0 Å². The second kappa shape index (κ2) is 4.37. The average Bonchev–Trinajstić information content (AvgIpc) is 2.09. The molecule has 3 unspecified atom stereocenters. The molecule has 1 rings (SSSR count). The lowest BCUT2D eigenvalue weighted by Crippen LogP contribution is -2.51. The standard InChI is InChI=1S/C9H18O4/c1-5(2)9-8(12)7(11)3-6(4-10)13-9/h5-12H,3-4H2,1-2H3/t6?,7?,8?,9-/m0/s1. The predicted molar refractivity (Wildman–Crippen MR) is 47.2 cm³/mol. The molecule has 4 heteroatoms. The molecule has 1 aliphatic rings. The van der Waals surface area contributed by atoms with E-state index in [1.165, 1.54) is 0 Å². The molecule has 0 aromatic rings. The largest absolute Gasteiger partial charge is 0.394 e. The van der Waals surface area contributed by atoms with Gasteiger partial charge in [0.1, 0.15) is 6.10 Å². The summed E-state index contributed by atoms with van der Waals surface area (Å²) in [6.07, 6.45) is -2.02. The molecule has 0 bridgehead atoms. The van der Waals surface area contributed by atoms with Crippen LogP contribution in [0.1, 0.15) is 20.3 Å². The van der Waals surface area contributed by atoms with Crippen molar-refractivity contribution in [2.45, 2.75) is 44.7 Å². The number of hydrogen-bond acceptors (Lipinski definition) is 4. The van der Waals surface area contributed by atoms with Gasteiger partial charge in [0.2, 0.25) is 0 Å². The predicted octanol–water partition coefficient (Wildman–Crippen LogP) is -0.486. The van der Waals surface area contributed by atoms with Gasteiger partial charge in [-0.05, 0) is 5.92 Å². The molecule has 0 aromatic heterocycles. The maximum absolute atomic E-state index is 9.56. The van der Waals surface area contributed by atoms with Crippen LogP contribution in [0.4, 0.5) is 0 Å². The van der Waals surface area contributed by atoms with Crippen molar-refractivity contribution in [1.82, 2.24) is 0 Å². The van der Waals surface area contributed by atoms with Crippen LogP contribution in [0.3, 0.4) is 0 Å². The molecular weight excluding hydrogens is 172 g/mol. The Morgan fingerprint density at radius 3 is 2.46 bits per heavy atom. The summed E-state index contributed by atoms with van der Waals surface area (Å²) >= 11 is 0. The highest BCUT2D eigenvalue weighted by Crippen LogP contribution is 2.24. The van der Waals surface area contributed by atoms with Crippen molar-refractivity contribution in [3.63, 3.8) is 0 Å². The highest BCUT2D eigenvalue weighted by molar-refractivity contribution is 4.86. The van der Waals surface area contributed by atoms with Gasteiger partial charge in [0.15, 0.2) is 0 Å². The summed E-state index contributed by atoms with van der Waals surface area (Å²) in [5.41, 5.74) is 0. The van der Waals surface area contributed by atoms with E-state index in [4.69, 9.17) is 9.84 Å². The second-order valence-electron chi connectivity index (χ2n) is 3.94. The van der Waals surface area contributed by atoms with E-state index in [0.29, 0.717) is 6.42 Å². The number of aliphatic hydroxyl groups excluding tert-OH is 3. The first-order valence-electron chi connectivity index (χ1n) is 4.68. The van der Waals surface area contributed by atoms with Crippen molar-refractivity contribution in [2.75, 3.05) is 6.61 Å². The van der Waals surface area contributed by atoms with Crippen LogP contribution in [0.15, 0.2) is 0 Å². The molecule has 0 aromatic carbocycles. The summed E-state index contributed by atoms with van der Waals surface area (Å²) in [6, 6.07) is 0. The molecule has 0 amide bonds. The summed E-state index contributed by atoms with van der Waals surface area (Å²) in [4.78, 5) is 0. The van der Waals surface area contributed by atoms with Crippen LogP contribution in [-0.4, -0.2) is 46.3 Å². The molecule has 13 heavy (non-hydrogen) atoms. The van der Waals surface area contributed by atoms with Crippen LogP contribution in [0.2, 0.25) is 0 Å². The molecule has 0 spiro atoms. The van der Waals surface area contributed by atoms with E-state index in [0.717, 1.165) is 0 Å². The molecule has 1 aliphatic heterocycles. The lowest BCUT2D eigenvalue weighted by atomic mass is 9.91. The summed E-state index contributed by atoms with van der Waals surface area (Å²) < 4.78 is 5.42. The fourth-order valence-corrected chi connectivity index (χ4v) is 1.66. The second-order valence-corrected chi connectivity index (χ2v) is 3.94. The summed E-state index contributed by atoms with van der Waals surface area (Å²) in [7, 11) is 0. The van der Waals surface area contributed by atoms with E-state index in [1.54, 1.807) is 0 Å².